The van der Waals surface area contributed by atoms with Gasteiger partial charge in [-0.1, -0.05) is 11.6 Å². The van der Waals surface area contributed by atoms with Crippen LogP contribution in [0.1, 0.15) is 23.2 Å². The summed E-state index contributed by atoms with van der Waals surface area (Å²) in [4.78, 5) is 14.5. The smallest absolute Gasteiger partial charge is 0.255 e. The molecule has 0 aliphatic carbocycles. The molecule has 1 amide bonds. The Morgan fingerprint density at radius 3 is 2.90 bits per heavy atom. The van der Waals surface area contributed by atoms with Crippen molar-refractivity contribution in [3.8, 4) is 0 Å². The van der Waals surface area contributed by atoms with Crippen molar-refractivity contribution < 1.29 is 4.79 Å². The van der Waals surface area contributed by atoms with Crippen LogP contribution < -0.4 is 5.32 Å². The third kappa shape index (κ3) is 2.98. The minimum absolute atomic E-state index is 0. The van der Waals surface area contributed by atoms with E-state index in [2.05, 4.69) is 21.2 Å². The van der Waals surface area contributed by atoms with Gasteiger partial charge in [-0.15, -0.1) is 12.4 Å². The largest absolute Gasteiger partial charge is 0.338 e. The number of amides is 1. The molecule has 2 saturated heterocycles. The molecule has 0 aromatic heterocycles. The molecule has 1 aromatic carbocycles. The first-order valence-corrected chi connectivity index (χ1v) is 7.72. The Balaban J connectivity index is 0.00000147. The number of nitrogens with zero attached hydrogens (tertiary/aromatic N) is 1. The molecule has 1 atom stereocenters. The summed E-state index contributed by atoms with van der Waals surface area (Å²) in [6, 6.07) is 5.36. The lowest BCUT2D eigenvalue weighted by Crippen LogP contribution is -2.33. The predicted octanol–water partition coefficient (Wildman–Crippen LogP) is 3.35. The van der Waals surface area contributed by atoms with E-state index < -0.39 is 0 Å². The van der Waals surface area contributed by atoms with Gasteiger partial charge in [0.1, 0.15) is 0 Å². The standard InChI is InChI=1S/C14H16BrClN2O.ClH/c15-12-2-1-10(16)7-11(12)13(19)18-6-4-14(9-18)3-5-17-8-14;/h1-2,7,17H,3-6,8-9H2;1H. The SMILES string of the molecule is Cl.O=C(c1cc(Cl)ccc1Br)N1CCC2(CCNC2)C1. The van der Waals surface area contributed by atoms with Crippen molar-refractivity contribution in [3.63, 3.8) is 0 Å². The first-order chi connectivity index (χ1) is 9.10. The van der Waals surface area contributed by atoms with Crippen LogP contribution >= 0.6 is 39.9 Å². The molecule has 20 heavy (non-hydrogen) atoms. The van der Waals surface area contributed by atoms with Crippen LogP contribution in [-0.4, -0.2) is 37.0 Å². The van der Waals surface area contributed by atoms with Crippen LogP contribution in [0.15, 0.2) is 22.7 Å². The molecule has 1 N–H and O–H groups in total. The van der Waals surface area contributed by atoms with Gasteiger partial charge in [0.15, 0.2) is 0 Å². The van der Waals surface area contributed by atoms with Crippen molar-refractivity contribution >= 4 is 45.8 Å². The number of rotatable bonds is 1. The maximum absolute atomic E-state index is 12.6. The zero-order valence-corrected chi connectivity index (χ0v) is 14.2. The zero-order valence-electron chi connectivity index (χ0n) is 11.0. The molecule has 2 heterocycles. The molecule has 2 fully saturated rings. The maximum Gasteiger partial charge on any atom is 0.255 e. The molecular weight excluding hydrogens is 363 g/mol. The topological polar surface area (TPSA) is 32.3 Å². The van der Waals surface area contributed by atoms with Gasteiger partial charge >= 0.3 is 0 Å². The van der Waals surface area contributed by atoms with Gasteiger partial charge in [-0.3, -0.25) is 4.79 Å². The summed E-state index contributed by atoms with van der Waals surface area (Å²) in [5.74, 6) is 0.0816. The van der Waals surface area contributed by atoms with E-state index in [0.717, 1.165) is 37.1 Å². The average Bonchev–Trinajstić information content (AvgIpc) is 3.03. The third-order valence-corrected chi connectivity index (χ3v) is 5.14. The Bertz CT molecular complexity index is 518. The molecule has 2 aliphatic rings. The van der Waals surface area contributed by atoms with Crippen molar-refractivity contribution in [1.82, 2.24) is 10.2 Å². The van der Waals surface area contributed by atoms with Crippen LogP contribution in [0.5, 0.6) is 0 Å². The second-order valence-corrected chi connectivity index (χ2v) is 6.82. The second kappa shape index (κ2) is 6.22. The number of hydrogen-bond acceptors (Lipinski definition) is 2. The normalized spacial score (nSPS) is 25.0. The molecule has 1 spiro atoms. The van der Waals surface area contributed by atoms with Gasteiger partial charge in [-0.2, -0.15) is 0 Å². The first-order valence-electron chi connectivity index (χ1n) is 6.55. The molecule has 1 aromatic rings. The fourth-order valence-electron chi connectivity index (χ4n) is 3.08. The second-order valence-electron chi connectivity index (χ2n) is 5.53. The van der Waals surface area contributed by atoms with Crippen LogP contribution in [0, 0.1) is 5.41 Å². The van der Waals surface area contributed by atoms with Gasteiger partial charge in [0.2, 0.25) is 0 Å². The van der Waals surface area contributed by atoms with E-state index in [-0.39, 0.29) is 18.3 Å². The molecule has 6 heteroatoms. The highest BCUT2D eigenvalue weighted by Crippen LogP contribution is 2.37. The number of likely N-dealkylation sites (tertiary alicyclic amines) is 1. The van der Waals surface area contributed by atoms with E-state index in [1.807, 2.05) is 11.0 Å². The number of carbonyl (C=O) groups is 1. The summed E-state index contributed by atoms with van der Waals surface area (Å²) < 4.78 is 0.812. The van der Waals surface area contributed by atoms with E-state index in [1.54, 1.807) is 12.1 Å². The van der Waals surface area contributed by atoms with E-state index in [0.29, 0.717) is 16.0 Å². The van der Waals surface area contributed by atoms with Crippen LogP contribution in [0.4, 0.5) is 0 Å². The Labute approximate surface area is 138 Å². The van der Waals surface area contributed by atoms with E-state index in [9.17, 15) is 4.79 Å². The summed E-state index contributed by atoms with van der Waals surface area (Å²) in [6.45, 7) is 3.81. The Kier molecular flexibility index (Phi) is 5.00. The molecule has 3 nitrogen and oxygen atoms in total. The first kappa shape index (κ1) is 16.1. The minimum Gasteiger partial charge on any atom is -0.338 e. The van der Waals surface area contributed by atoms with E-state index in [4.69, 9.17) is 11.6 Å². The molecular formula is C14H17BrCl2N2O. The summed E-state index contributed by atoms with van der Waals surface area (Å²) in [6.07, 6.45) is 2.28. The fourth-order valence-corrected chi connectivity index (χ4v) is 3.67. The Hall–Kier alpha value is -0.290. The Morgan fingerprint density at radius 2 is 2.20 bits per heavy atom. The lowest BCUT2D eigenvalue weighted by molar-refractivity contribution is 0.0775. The molecule has 0 radical (unpaired) electrons. The number of carbonyl (C=O) groups excluding carboxylic acids is 1. The Morgan fingerprint density at radius 1 is 1.40 bits per heavy atom. The van der Waals surface area contributed by atoms with E-state index in [1.165, 1.54) is 6.42 Å². The van der Waals surface area contributed by atoms with Crippen molar-refractivity contribution in [2.45, 2.75) is 12.8 Å². The summed E-state index contributed by atoms with van der Waals surface area (Å²) in [7, 11) is 0. The number of halogens is 3. The zero-order chi connectivity index (χ0) is 13.5. The van der Waals surface area contributed by atoms with E-state index >= 15 is 0 Å². The summed E-state index contributed by atoms with van der Waals surface area (Å²) in [5.41, 5.74) is 0.969. The van der Waals surface area contributed by atoms with Crippen LogP contribution in [0.3, 0.4) is 0 Å². The van der Waals surface area contributed by atoms with Crippen molar-refractivity contribution in [3.05, 3.63) is 33.3 Å². The molecule has 2 aliphatic heterocycles. The van der Waals surface area contributed by atoms with Crippen LogP contribution in [0.25, 0.3) is 0 Å². The van der Waals surface area contributed by atoms with Gasteiger partial charge in [0.05, 0.1) is 5.56 Å². The number of nitrogens with one attached hydrogen (secondary N) is 1. The van der Waals surface area contributed by atoms with Crippen molar-refractivity contribution in [1.29, 1.82) is 0 Å². The fraction of sp³-hybridized carbons (Fsp3) is 0.500. The molecule has 110 valence electrons. The lowest BCUT2D eigenvalue weighted by Gasteiger charge is -2.23. The summed E-state index contributed by atoms with van der Waals surface area (Å²) >= 11 is 9.42. The minimum atomic E-state index is 0. The van der Waals surface area contributed by atoms with Gasteiger partial charge in [-0.05, 0) is 53.5 Å². The average molecular weight is 380 g/mol. The summed E-state index contributed by atoms with van der Waals surface area (Å²) in [5, 5.41) is 4.01. The lowest BCUT2D eigenvalue weighted by atomic mass is 9.86. The van der Waals surface area contributed by atoms with Crippen molar-refractivity contribution in [2.24, 2.45) is 5.41 Å². The quantitative estimate of drug-likeness (QED) is 0.811. The highest BCUT2D eigenvalue weighted by atomic mass is 79.9. The highest BCUT2D eigenvalue weighted by molar-refractivity contribution is 9.10. The van der Waals surface area contributed by atoms with Crippen molar-refractivity contribution in [2.75, 3.05) is 26.2 Å². The molecule has 0 saturated carbocycles. The molecule has 0 bridgehead atoms. The number of benzene rings is 1. The van der Waals surface area contributed by atoms with Crippen LogP contribution in [-0.2, 0) is 0 Å². The van der Waals surface area contributed by atoms with Crippen LogP contribution in [0.2, 0.25) is 5.02 Å². The van der Waals surface area contributed by atoms with Gasteiger partial charge < -0.3 is 10.2 Å². The third-order valence-electron chi connectivity index (χ3n) is 4.22. The monoisotopic (exact) mass is 378 g/mol. The molecule has 3 rings (SSSR count). The van der Waals surface area contributed by atoms with Gasteiger partial charge in [0, 0.05) is 34.5 Å². The highest BCUT2D eigenvalue weighted by Gasteiger charge is 2.42. The van der Waals surface area contributed by atoms with Gasteiger partial charge in [-0.25, -0.2) is 0 Å². The van der Waals surface area contributed by atoms with Gasteiger partial charge in [0.25, 0.3) is 5.91 Å². The predicted molar refractivity (Wildman–Crippen MR) is 86.8 cm³/mol. The maximum atomic E-state index is 12.6. The molecule has 1 unspecified atom stereocenters. The number of hydrogen-bond donors (Lipinski definition) is 1.